The van der Waals surface area contributed by atoms with E-state index in [1.165, 1.54) is 6.42 Å². The van der Waals surface area contributed by atoms with E-state index in [9.17, 15) is 4.79 Å². The molecular weight excluding hydrogens is 466 g/mol. The molecule has 5 rings (SSSR count). The van der Waals surface area contributed by atoms with Crippen molar-refractivity contribution in [1.82, 2.24) is 9.97 Å². The molecule has 1 fully saturated rings. The van der Waals surface area contributed by atoms with Crippen LogP contribution >= 0.6 is 0 Å². The summed E-state index contributed by atoms with van der Waals surface area (Å²) in [6.07, 6.45) is 6.13. The largest absolute Gasteiger partial charge is 0.446 e. The monoisotopic (exact) mass is 501 g/mol. The Hall–Kier alpha value is -3.65. The van der Waals surface area contributed by atoms with Crippen molar-refractivity contribution in [2.24, 2.45) is 11.1 Å². The molecule has 8 heteroatoms. The molecule has 3 atom stereocenters. The maximum absolute atomic E-state index is 12.4. The van der Waals surface area contributed by atoms with Crippen LogP contribution in [0.25, 0.3) is 0 Å². The maximum atomic E-state index is 12.4. The third-order valence-electron chi connectivity index (χ3n) is 7.50. The zero-order chi connectivity index (χ0) is 26.2. The van der Waals surface area contributed by atoms with Gasteiger partial charge in [0.1, 0.15) is 11.9 Å². The van der Waals surface area contributed by atoms with Gasteiger partial charge in [-0.05, 0) is 67.0 Å². The second-order valence-electron chi connectivity index (χ2n) is 11.0. The quantitative estimate of drug-likeness (QED) is 0.405. The van der Waals surface area contributed by atoms with E-state index in [-0.39, 0.29) is 23.6 Å². The van der Waals surface area contributed by atoms with Crippen molar-refractivity contribution in [1.29, 1.82) is 0 Å². The molecule has 1 amide bonds. The molecule has 0 saturated heterocycles. The minimum Gasteiger partial charge on any atom is -0.446 e. The van der Waals surface area contributed by atoms with Gasteiger partial charge in [-0.2, -0.15) is 0 Å². The molecule has 0 bridgehead atoms. The molecule has 2 aromatic carbocycles. The lowest BCUT2D eigenvalue weighted by atomic mass is 9.89. The van der Waals surface area contributed by atoms with E-state index in [1.807, 2.05) is 70.2 Å². The van der Waals surface area contributed by atoms with Crippen LogP contribution in [0.15, 0.2) is 60.9 Å². The third kappa shape index (κ3) is 5.25. The minimum atomic E-state index is -0.453. The van der Waals surface area contributed by atoms with Crippen molar-refractivity contribution >= 4 is 17.5 Å². The van der Waals surface area contributed by atoms with Crippen molar-refractivity contribution in [2.75, 3.05) is 10.2 Å². The average molecular weight is 502 g/mol. The van der Waals surface area contributed by atoms with E-state index >= 15 is 0 Å². The second kappa shape index (κ2) is 10.0. The molecule has 2 aliphatic rings. The van der Waals surface area contributed by atoms with Gasteiger partial charge in [0, 0.05) is 35.9 Å². The first kappa shape index (κ1) is 25.0. The van der Waals surface area contributed by atoms with E-state index in [2.05, 4.69) is 20.2 Å². The van der Waals surface area contributed by atoms with Gasteiger partial charge >= 0.3 is 12.1 Å². The number of benzene rings is 2. The summed E-state index contributed by atoms with van der Waals surface area (Å²) in [7, 11) is 0. The zero-order valence-electron chi connectivity index (χ0n) is 21.8. The lowest BCUT2D eigenvalue weighted by molar-refractivity contribution is 0.0527. The fraction of sp³-hybridized carbons (Fsp3) is 0.414. The number of nitrogens with one attached hydrogen (secondary N) is 1. The summed E-state index contributed by atoms with van der Waals surface area (Å²) in [5.74, 6) is 0.685. The standard InChI is InChI=1S/C29H35N5O3/c1-18(29(2,3)4)36-28(35)33-20-11-9-19(10-12-20)26-25(30)23-14-13-22(37-27-31-15-6-16-32-27)17-24(23)34(26)21-7-5-8-21/h6,9-18,21,25-26H,5,7-8,30H2,1-4H3,(H,33,35). The molecule has 3 unspecified atom stereocenters. The molecule has 1 aromatic heterocycles. The maximum Gasteiger partial charge on any atom is 0.411 e. The van der Waals surface area contributed by atoms with Crippen LogP contribution in [-0.2, 0) is 4.74 Å². The van der Waals surface area contributed by atoms with Gasteiger partial charge in [0.2, 0.25) is 0 Å². The number of rotatable bonds is 6. The third-order valence-corrected chi connectivity index (χ3v) is 7.50. The van der Waals surface area contributed by atoms with Gasteiger partial charge in [-0.25, -0.2) is 14.8 Å². The first-order chi connectivity index (χ1) is 17.7. The van der Waals surface area contributed by atoms with Crippen molar-refractivity contribution in [3.63, 3.8) is 0 Å². The normalized spacial score (nSPS) is 20.1. The number of hydrogen-bond donors (Lipinski definition) is 2. The first-order valence-electron chi connectivity index (χ1n) is 12.9. The molecule has 0 radical (unpaired) electrons. The first-order valence-corrected chi connectivity index (χ1v) is 12.9. The summed E-state index contributed by atoms with van der Waals surface area (Å²) in [5, 5.41) is 2.84. The zero-order valence-corrected chi connectivity index (χ0v) is 21.8. The van der Waals surface area contributed by atoms with Crippen molar-refractivity contribution < 1.29 is 14.3 Å². The Bertz CT molecular complexity index is 1240. The number of amides is 1. The van der Waals surface area contributed by atoms with E-state index in [0.29, 0.717) is 23.5 Å². The molecule has 8 nitrogen and oxygen atoms in total. The number of ether oxygens (including phenoxy) is 2. The summed E-state index contributed by atoms with van der Waals surface area (Å²) in [6, 6.07) is 16.2. The summed E-state index contributed by atoms with van der Waals surface area (Å²) < 4.78 is 11.5. The van der Waals surface area contributed by atoms with Gasteiger partial charge in [0.15, 0.2) is 0 Å². The molecule has 1 saturated carbocycles. The van der Waals surface area contributed by atoms with Crippen LogP contribution in [0.4, 0.5) is 16.2 Å². The summed E-state index contributed by atoms with van der Waals surface area (Å²) >= 11 is 0. The van der Waals surface area contributed by atoms with Crippen LogP contribution in [0.1, 0.15) is 70.2 Å². The highest BCUT2D eigenvalue weighted by molar-refractivity contribution is 5.84. The molecule has 1 aliphatic carbocycles. The molecule has 2 heterocycles. The van der Waals surface area contributed by atoms with Crippen molar-refractivity contribution in [2.45, 2.75) is 71.2 Å². The van der Waals surface area contributed by atoms with Crippen LogP contribution in [0.2, 0.25) is 0 Å². The van der Waals surface area contributed by atoms with Gasteiger partial charge in [-0.3, -0.25) is 5.32 Å². The van der Waals surface area contributed by atoms with Gasteiger partial charge in [-0.15, -0.1) is 0 Å². The number of fused-ring (bicyclic) bond motifs is 1. The molecule has 37 heavy (non-hydrogen) atoms. The summed E-state index contributed by atoms with van der Waals surface area (Å²) in [5.41, 5.74) is 10.7. The number of carbonyl (C=O) groups excluding carboxylic acids is 1. The van der Waals surface area contributed by atoms with E-state index in [1.54, 1.807) is 18.5 Å². The van der Waals surface area contributed by atoms with E-state index < -0.39 is 6.09 Å². The number of aromatic nitrogens is 2. The lowest BCUT2D eigenvalue weighted by Crippen LogP contribution is -2.42. The Balaban J connectivity index is 1.36. The Morgan fingerprint density at radius 3 is 2.43 bits per heavy atom. The SMILES string of the molecule is CC(OC(=O)Nc1ccc(C2C(N)c3ccc(Oc4ncccn4)cc3N2C2CCC2)cc1)C(C)(C)C. The van der Waals surface area contributed by atoms with Crippen LogP contribution < -0.4 is 20.7 Å². The van der Waals surface area contributed by atoms with Crippen LogP contribution in [0, 0.1) is 5.41 Å². The van der Waals surface area contributed by atoms with Gasteiger partial charge in [0.05, 0.1) is 12.1 Å². The topological polar surface area (TPSA) is 103 Å². The van der Waals surface area contributed by atoms with Crippen LogP contribution in [0.3, 0.4) is 0 Å². The molecular formula is C29H35N5O3. The van der Waals surface area contributed by atoms with Gasteiger partial charge < -0.3 is 20.1 Å². The lowest BCUT2D eigenvalue weighted by Gasteiger charge is -2.41. The predicted molar refractivity (Wildman–Crippen MR) is 144 cm³/mol. The van der Waals surface area contributed by atoms with Crippen molar-refractivity contribution in [3.05, 3.63) is 72.1 Å². The van der Waals surface area contributed by atoms with E-state index in [4.69, 9.17) is 15.2 Å². The Morgan fingerprint density at radius 2 is 1.81 bits per heavy atom. The molecule has 3 N–H and O–H groups in total. The van der Waals surface area contributed by atoms with E-state index in [0.717, 1.165) is 29.7 Å². The second-order valence-corrected chi connectivity index (χ2v) is 11.0. The number of carbonyl (C=O) groups is 1. The van der Waals surface area contributed by atoms with Crippen molar-refractivity contribution in [3.8, 4) is 11.8 Å². The molecule has 1 aliphatic heterocycles. The fourth-order valence-corrected chi connectivity index (χ4v) is 4.73. The minimum absolute atomic E-state index is 0.00885. The van der Waals surface area contributed by atoms with Crippen LogP contribution in [-0.4, -0.2) is 28.2 Å². The molecule has 3 aromatic rings. The summed E-state index contributed by atoms with van der Waals surface area (Å²) in [4.78, 5) is 23.2. The highest BCUT2D eigenvalue weighted by Crippen LogP contribution is 2.51. The number of nitrogens with two attached hydrogens (primary N) is 1. The Morgan fingerprint density at radius 1 is 1.11 bits per heavy atom. The summed E-state index contributed by atoms with van der Waals surface area (Å²) in [6.45, 7) is 8.03. The van der Waals surface area contributed by atoms with Gasteiger partial charge in [0.25, 0.3) is 0 Å². The smallest absolute Gasteiger partial charge is 0.411 e. The Labute approximate surface area is 218 Å². The predicted octanol–water partition coefficient (Wildman–Crippen LogP) is 6.37. The van der Waals surface area contributed by atoms with Gasteiger partial charge in [-0.1, -0.05) is 39.0 Å². The number of nitrogens with zero attached hydrogens (tertiary/aromatic N) is 3. The molecule has 194 valence electrons. The highest BCUT2D eigenvalue weighted by atomic mass is 16.6. The highest BCUT2D eigenvalue weighted by Gasteiger charge is 2.42. The molecule has 0 spiro atoms. The Kier molecular flexibility index (Phi) is 6.77. The number of anilines is 2. The fourth-order valence-electron chi connectivity index (χ4n) is 4.73. The number of hydrogen-bond acceptors (Lipinski definition) is 7. The van der Waals surface area contributed by atoms with Crippen LogP contribution in [0.5, 0.6) is 11.8 Å². The average Bonchev–Trinajstić information content (AvgIpc) is 3.10.